The van der Waals surface area contributed by atoms with Crippen molar-refractivity contribution in [2.24, 2.45) is 4.99 Å². The van der Waals surface area contributed by atoms with E-state index in [1.807, 2.05) is 0 Å². The Kier molecular flexibility index (Phi) is 3.28. The fourth-order valence-corrected chi connectivity index (χ4v) is 1.37. The zero-order chi connectivity index (χ0) is 13.2. The van der Waals surface area contributed by atoms with Crippen LogP contribution in [0.2, 0.25) is 0 Å². The maximum Gasteiger partial charge on any atom is 0.423 e. The molecule has 1 rings (SSSR count). The Hall–Kier alpha value is -2.21. The van der Waals surface area contributed by atoms with E-state index in [2.05, 4.69) is 4.99 Å². The molecule has 0 amide bonds. The number of carbonyl (C=O) groups excluding carboxylic acids is 1. The first-order valence-electron chi connectivity index (χ1n) is 4.22. The Morgan fingerprint density at radius 1 is 1.41 bits per heavy atom. The predicted octanol–water partition coefficient (Wildman–Crippen LogP) is 2.89. The van der Waals surface area contributed by atoms with Crippen LogP contribution in [0, 0.1) is 17.0 Å². The van der Waals surface area contributed by atoms with Crippen LogP contribution in [0.25, 0.3) is 0 Å². The van der Waals surface area contributed by atoms with Gasteiger partial charge in [-0.3, -0.25) is 10.1 Å². The van der Waals surface area contributed by atoms with Crippen molar-refractivity contribution in [3.63, 3.8) is 0 Å². The van der Waals surface area contributed by atoms with E-state index in [0.29, 0.717) is 6.07 Å². The maximum absolute atomic E-state index is 12.6. The Morgan fingerprint density at radius 3 is 2.41 bits per heavy atom. The van der Waals surface area contributed by atoms with Crippen LogP contribution in [0.3, 0.4) is 0 Å². The van der Waals surface area contributed by atoms with Crippen LogP contribution in [-0.2, 0) is 11.0 Å². The fourth-order valence-electron chi connectivity index (χ4n) is 1.37. The first kappa shape index (κ1) is 12.9. The van der Waals surface area contributed by atoms with E-state index in [9.17, 15) is 28.1 Å². The van der Waals surface area contributed by atoms with Gasteiger partial charge >= 0.3 is 6.18 Å². The van der Waals surface area contributed by atoms with Crippen LogP contribution < -0.4 is 0 Å². The van der Waals surface area contributed by atoms with Crippen molar-refractivity contribution < 1.29 is 22.9 Å². The third-order valence-corrected chi connectivity index (χ3v) is 2.06. The quantitative estimate of drug-likeness (QED) is 0.348. The Bertz CT molecular complexity index is 519. The third kappa shape index (κ3) is 2.48. The molecule has 5 nitrogen and oxygen atoms in total. The highest BCUT2D eigenvalue weighted by Crippen LogP contribution is 2.41. The van der Waals surface area contributed by atoms with Gasteiger partial charge in [0.1, 0.15) is 5.56 Å². The number of nitro benzene ring substituents is 1. The number of benzene rings is 1. The molecule has 0 aromatic heterocycles. The van der Waals surface area contributed by atoms with E-state index in [1.165, 1.54) is 0 Å². The van der Waals surface area contributed by atoms with E-state index in [0.717, 1.165) is 19.1 Å². The number of halogens is 3. The van der Waals surface area contributed by atoms with Crippen molar-refractivity contribution in [1.82, 2.24) is 0 Å². The molecule has 0 aliphatic heterocycles. The summed E-state index contributed by atoms with van der Waals surface area (Å²) in [4.78, 5) is 22.4. The average Bonchev–Trinajstić information content (AvgIpc) is 2.18. The predicted molar refractivity (Wildman–Crippen MR) is 50.6 cm³/mol. The van der Waals surface area contributed by atoms with E-state index < -0.39 is 27.9 Å². The largest absolute Gasteiger partial charge is 0.423 e. The van der Waals surface area contributed by atoms with Crippen LogP contribution >= 0.6 is 0 Å². The smallest absolute Gasteiger partial charge is 0.258 e. The highest BCUT2D eigenvalue weighted by molar-refractivity contribution is 5.62. The van der Waals surface area contributed by atoms with Gasteiger partial charge < -0.3 is 0 Å². The molecule has 0 N–H and O–H groups in total. The van der Waals surface area contributed by atoms with Crippen LogP contribution in [0.5, 0.6) is 0 Å². The highest BCUT2D eigenvalue weighted by Gasteiger charge is 2.40. The SMILES string of the molecule is Cc1c(N=C=O)ccc([N+](=O)[O-])c1C(F)(F)F. The molecule has 1 aromatic rings. The number of alkyl halides is 3. The number of aliphatic imine (C=N–C) groups is 1. The lowest BCUT2D eigenvalue weighted by atomic mass is 10.0. The van der Waals surface area contributed by atoms with E-state index in [4.69, 9.17) is 0 Å². The standard InChI is InChI=1S/C9H5F3N2O3/c1-5-6(13-4-15)2-3-7(14(16)17)8(5)9(10,11)12/h2-3H,1H3. The lowest BCUT2D eigenvalue weighted by Crippen LogP contribution is -2.11. The van der Waals surface area contributed by atoms with Crippen molar-refractivity contribution in [2.45, 2.75) is 13.1 Å². The number of nitro groups is 1. The lowest BCUT2D eigenvalue weighted by molar-refractivity contribution is -0.388. The van der Waals surface area contributed by atoms with E-state index in [-0.39, 0.29) is 5.69 Å². The molecular formula is C9H5F3N2O3. The third-order valence-electron chi connectivity index (χ3n) is 2.06. The van der Waals surface area contributed by atoms with Gasteiger partial charge in [0, 0.05) is 6.07 Å². The van der Waals surface area contributed by atoms with Gasteiger partial charge in [0.2, 0.25) is 6.08 Å². The molecule has 0 aliphatic carbocycles. The Morgan fingerprint density at radius 2 is 2.00 bits per heavy atom. The van der Waals surface area contributed by atoms with Crippen molar-refractivity contribution in [3.8, 4) is 0 Å². The summed E-state index contributed by atoms with van der Waals surface area (Å²) in [7, 11) is 0. The molecule has 1 aromatic carbocycles. The molecule has 0 unspecified atom stereocenters. The molecule has 0 atom stereocenters. The second-order valence-electron chi connectivity index (χ2n) is 3.06. The molecule has 0 bridgehead atoms. The van der Waals surface area contributed by atoms with Gasteiger partial charge in [0.05, 0.1) is 10.6 Å². The summed E-state index contributed by atoms with van der Waals surface area (Å²) in [6, 6.07) is 1.62. The zero-order valence-corrected chi connectivity index (χ0v) is 8.41. The molecule has 0 aliphatic rings. The number of nitrogens with zero attached hydrogens (tertiary/aromatic N) is 2. The monoisotopic (exact) mass is 246 g/mol. The summed E-state index contributed by atoms with van der Waals surface area (Å²) in [5.74, 6) is 0. The van der Waals surface area contributed by atoms with Gasteiger partial charge in [-0.25, -0.2) is 4.79 Å². The second-order valence-corrected chi connectivity index (χ2v) is 3.06. The Labute approximate surface area is 92.7 Å². The minimum absolute atomic E-state index is 0.294. The number of hydrogen-bond acceptors (Lipinski definition) is 4. The summed E-state index contributed by atoms with van der Waals surface area (Å²) in [6.45, 7) is 1.01. The van der Waals surface area contributed by atoms with Gasteiger partial charge in [-0.2, -0.15) is 18.2 Å². The summed E-state index contributed by atoms with van der Waals surface area (Å²) < 4.78 is 37.9. The minimum Gasteiger partial charge on any atom is -0.258 e. The molecule has 0 radical (unpaired) electrons. The first-order chi connectivity index (χ1) is 7.79. The molecule has 0 spiro atoms. The van der Waals surface area contributed by atoms with Crippen LogP contribution in [-0.4, -0.2) is 11.0 Å². The van der Waals surface area contributed by atoms with Gasteiger partial charge in [-0.1, -0.05) is 0 Å². The molecule has 0 saturated carbocycles. The van der Waals surface area contributed by atoms with Crippen molar-refractivity contribution >= 4 is 17.5 Å². The zero-order valence-electron chi connectivity index (χ0n) is 8.41. The van der Waals surface area contributed by atoms with Gasteiger partial charge in [-0.05, 0) is 18.6 Å². The molecule has 0 heterocycles. The number of hydrogen-bond donors (Lipinski definition) is 0. The molecular weight excluding hydrogens is 241 g/mol. The lowest BCUT2D eigenvalue weighted by Gasteiger charge is -2.11. The van der Waals surface area contributed by atoms with Gasteiger partial charge in [-0.15, -0.1) is 0 Å². The fraction of sp³-hybridized carbons (Fsp3) is 0.222. The van der Waals surface area contributed by atoms with Gasteiger partial charge in [0.25, 0.3) is 5.69 Å². The normalized spacial score (nSPS) is 10.8. The van der Waals surface area contributed by atoms with Crippen LogP contribution in [0.4, 0.5) is 24.5 Å². The van der Waals surface area contributed by atoms with E-state index >= 15 is 0 Å². The van der Waals surface area contributed by atoms with Crippen molar-refractivity contribution in [1.29, 1.82) is 0 Å². The molecule has 90 valence electrons. The average molecular weight is 246 g/mol. The summed E-state index contributed by atoms with van der Waals surface area (Å²) >= 11 is 0. The second kappa shape index (κ2) is 4.34. The topological polar surface area (TPSA) is 72.6 Å². The number of rotatable bonds is 2. The maximum atomic E-state index is 12.6. The minimum atomic E-state index is -4.89. The summed E-state index contributed by atoms with van der Waals surface area (Å²) in [6.07, 6.45) is -3.80. The summed E-state index contributed by atoms with van der Waals surface area (Å²) in [5, 5.41) is 10.5. The molecule has 0 fully saturated rings. The van der Waals surface area contributed by atoms with Crippen molar-refractivity contribution in [2.75, 3.05) is 0 Å². The Balaban J connectivity index is 3.65. The molecule has 8 heteroatoms. The van der Waals surface area contributed by atoms with Crippen molar-refractivity contribution in [3.05, 3.63) is 33.4 Å². The summed E-state index contributed by atoms with van der Waals surface area (Å²) in [5.41, 5.74) is -3.24. The highest BCUT2D eigenvalue weighted by atomic mass is 19.4. The number of isocyanates is 1. The van der Waals surface area contributed by atoms with E-state index in [1.54, 1.807) is 0 Å². The van der Waals surface area contributed by atoms with Crippen LogP contribution in [0.15, 0.2) is 17.1 Å². The molecule has 0 saturated heterocycles. The van der Waals surface area contributed by atoms with Gasteiger partial charge in [0.15, 0.2) is 0 Å². The molecule has 17 heavy (non-hydrogen) atoms. The van der Waals surface area contributed by atoms with Crippen LogP contribution in [0.1, 0.15) is 11.1 Å². The first-order valence-corrected chi connectivity index (χ1v) is 4.22.